The summed E-state index contributed by atoms with van der Waals surface area (Å²) < 4.78 is 10.5. The molecule has 3 aromatic rings. The van der Waals surface area contributed by atoms with Gasteiger partial charge in [0, 0.05) is 0 Å². The van der Waals surface area contributed by atoms with Gasteiger partial charge in [-0.2, -0.15) is 15.2 Å². The summed E-state index contributed by atoms with van der Waals surface area (Å²) in [5, 5.41) is 11.2. The molecule has 3 heterocycles. The summed E-state index contributed by atoms with van der Waals surface area (Å²) in [6, 6.07) is 5.48. The first-order chi connectivity index (χ1) is 10.8. The predicted octanol–water partition coefficient (Wildman–Crippen LogP) is 0.821. The van der Waals surface area contributed by atoms with Crippen LogP contribution >= 0.6 is 0 Å². The van der Waals surface area contributed by atoms with Gasteiger partial charge in [-0.15, -0.1) is 0 Å². The van der Waals surface area contributed by atoms with Crippen LogP contribution in [0.15, 0.2) is 34.3 Å². The zero-order valence-electron chi connectivity index (χ0n) is 11.2. The van der Waals surface area contributed by atoms with E-state index in [2.05, 4.69) is 30.7 Å². The molecule has 0 unspecified atom stereocenters. The number of hydrazone groups is 1. The van der Waals surface area contributed by atoms with Gasteiger partial charge >= 0.3 is 5.69 Å². The molecule has 0 amide bonds. The molecular weight excluding hydrogens is 288 g/mol. The fourth-order valence-electron chi connectivity index (χ4n) is 2.10. The van der Waals surface area contributed by atoms with Gasteiger partial charge in [0.15, 0.2) is 17.1 Å². The Morgan fingerprint density at radius 3 is 3.18 bits per heavy atom. The predicted molar refractivity (Wildman–Crippen MR) is 78.3 cm³/mol. The van der Waals surface area contributed by atoms with Crippen LogP contribution in [0, 0.1) is 0 Å². The molecule has 4 rings (SSSR count). The van der Waals surface area contributed by atoms with E-state index in [-0.39, 0.29) is 6.79 Å². The second-order valence-corrected chi connectivity index (χ2v) is 4.53. The molecule has 3 N–H and O–H groups in total. The van der Waals surface area contributed by atoms with Crippen molar-refractivity contribution in [2.24, 2.45) is 5.10 Å². The van der Waals surface area contributed by atoms with Crippen LogP contribution in [-0.4, -0.2) is 33.2 Å². The lowest BCUT2D eigenvalue weighted by atomic mass is 10.2. The molecule has 0 bridgehead atoms. The highest BCUT2D eigenvalue weighted by Crippen LogP contribution is 2.31. The highest BCUT2D eigenvalue weighted by Gasteiger charge is 2.12. The van der Waals surface area contributed by atoms with Crippen molar-refractivity contribution in [3.05, 3.63) is 40.4 Å². The number of ether oxygens (including phenoxy) is 2. The summed E-state index contributed by atoms with van der Waals surface area (Å²) >= 11 is 0. The number of rotatable bonds is 3. The molecule has 0 fully saturated rings. The lowest BCUT2D eigenvalue weighted by molar-refractivity contribution is 0.174. The number of aromatic amines is 2. The summed E-state index contributed by atoms with van der Waals surface area (Å²) in [4.78, 5) is 17.7. The Balaban J connectivity index is 1.58. The van der Waals surface area contributed by atoms with E-state index in [1.807, 2.05) is 18.2 Å². The molecule has 2 aromatic heterocycles. The number of nitrogens with one attached hydrogen (secondary N) is 3. The van der Waals surface area contributed by atoms with Crippen LogP contribution in [-0.2, 0) is 0 Å². The molecule has 9 nitrogen and oxygen atoms in total. The zero-order chi connectivity index (χ0) is 14.9. The van der Waals surface area contributed by atoms with Gasteiger partial charge in [-0.1, -0.05) is 0 Å². The lowest BCUT2D eigenvalue weighted by Crippen LogP contribution is -2.12. The first kappa shape index (κ1) is 12.4. The number of nitrogens with zero attached hydrogens (tertiary/aromatic N) is 3. The Kier molecular flexibility index (Phi) is 2.75. The quantitative estimate of drug-likeness (QED) is 0.487. The van der Waals surface area contributed by atoms with Crippen LogP contribution in [0.5, 0.6) is 11.5 Å². The summed E-state index contributed by atoms with van der Waals surface area (Å²) in [6.07, 6.45) is 3.16. The largest absolute Gasteiger partial charge is 0.454 e. The average molecular weight is 298 g/mol. The Labute approximate surface area is 123 Å². The Bertz CT molecular complexity index is 929. The van der Waals surface area contributed by atoms with Gasteiger partial charge in [0.2, 0.25) is 6.79 Å². The molecule has 0 atom stereocenters. The van der Waals surface area contributed by atoms with Crippen LogP contribution in [0.25, 0.3) is 11.0 Å². The van der Waals surface area contributed by atoms with E-state index in [0.29, 0.717) is 28.4 Å². The van der Waals surface area contributed by atoms with Crippen LogP contribution in [0.4, 0.5) is 5.82 Å². The minimum atomic E-state index is -0.488. The molecule has 0 radical (unpaired) electrons. The Hall–Kier alpha value is -3.36. The number of H-pyrrole nitrogens is 2. The molecule has 0 aliphatic carbocycles. The molecule has 1 aromatic carbocycles. The molecule has 110 valence electrons. The number of anilines is 1. The SMILES string of the molecule is O=c1nc2[nH]ncc2c(N/N=C/c2ccc3c(c2)OCO3)[nH]1. The normalized spacial score (nSPS) is 13.1. The third-order valence-corrected chi connectivity index (χ3v) is 3.12. The Morgan fingerprint density at radius 1 is 1.32 bits per heavy atom. The maximum absolute atomic E-state index is 11.4. The second-order valence-electron chi connectivity index (χ2n) is 4.53. The molecule has 1 aliphatic heterocycles. The van der Waals surface area contributed by atoms with Gasteiger partial charge in [-0.25, -0.2) is 4.79 Å². The van der Waals surface area contributed by atoms with Crippen molar-refractivity contribution >= 4 is 23.1 Å². The van der Waals surface area contributed by atoms with Gasteiger partial charge < -0.3 is 9.47 Å². The summed E-state index contributed by atoms with van der Waals surface area (Å²) in [7, 11) is 0. The second kappa shape index (κ2) is 4.88. The van der Waals surface area contributed by atoms with Crippen LogP contribution in [0.2, 0.25) is 0 Å². The molecule has 1 aliphatic rings. The molecule has 22 heavy (non-hydrogen) atoms. The molecule has 0 saturated heterocycles. The van der Waals surface area contributed by atoms with Crippen molar-refractivity contribution in [1.82, 2.24) is 20.2 Å². The van der Waals surface area contributed by atoms with Gasteiger partial charge in [0.25, 0.3) is 0 Å². The summed E-state index contributed by atoms with van der Waals surface area (Å²) in [5.41, 5.74) is 3.51. The lowest BCUT2D eigenvalue weighted by Gasteiger charge is -2.01. The van der Waals surface area contributed by atoms with Gasteiger partial charge in [-0.3, -0.25) is 15.5 Å². The van der Waals surface area contributed by atoms with Crippen molar-refractivity contribution in [2.45, 2.75) is 0 Å². The van der Waals surface area contributed by atoms with Gasteiger partial charge in [0.05, 0.1) is 17.8 Å². The maximum atomic E-state index is 11.4. The first-order valence-corrected chi connectivity index (χ1v) is 6.42. The molecule has 9 heteroatoms. The molecule has 0 saturated carbocycles. The van der Waals surface area contributed by atoms with E-state index in [1.54, 1.807) is 12.4 Å². The monoisotopic (exact) mass is 298 g/mol. The standard InChI is InChI=1S/C13H10N6O3/c20-13-16-11(8-5-15-19-12(8)17-13)18-14-4-7-1-2-9-10(3-7)22-6-21-9/h1-5H,6H2,(H3,15,16,17,18,19,20)/b14-4+. The third kappa shape index (κ3) is 2.14. The Morgan fingerprint density at radius 2 is 2.23 bits per heavy atom. The van der Waals surface area contributed by atoms with Gasteiger partial charge in [0.1, 0.15) is 5.82 Å². The van der Waals surface area contributed by atoms with Crippen molar-refractivity contribution in [1.29, 1.82) is 0 Å². The van der Waals surface area contributed by atoms with E-state index in [1.165, 1.54) is 0 Å². The fourth-order valence-corrected chi connectivity index (χ4v) is 2.10. The number of fused-ring (bicyclic) bond motifs is 2. The van der Waals surface area contributed by atoms with Crippen molar-refractivity contribution < 1.29 is 9.47 Å². The van der Waals surface area contributed by atoms with E-state index >= 15 is 0 Å². The molecule has 0 spiro atoms. The third-order valence-electron chi connectivity index (χ3n) is 3.12. The average Bonchev–Trinajstić information content (AvgIpc) is 3.14. The van der Waals surface area contributed by atoms with Crippen LogP contribution in [0.1, 0.15) is 5.56 Å². The number of hydrogen-bond donors (Lipinski definition) is 3. The minimum absolute atomic E-state index is 0.227. The number of benzene rings is 1. The number of aromatic nitrogens is 4. The maximum Gasteiger partial charge on any atom is 0.348 e. The molecular formula is C13H10N6O3. The summed E-state index contributed by atoms with van der Waals surface area (Å²) in [5.74, 6) is 1.81. The van der Waals surface area contributed by atoms with Crippen LogP contribution in [0.3, 0.4) is 0 Å². The van der Waals surface area contributed by atoms with Crippen molar-refractivity contribution in [3.63, 3.8) is 0 Å². The summed E-state index contributed by atoms with van der Waals surface area (Å²) in [6.45, 7) is 0.227. The van der Waals surface area contributed by atoms with Crippen molar-refractivity contribution in [3.8, 4) is 11.5 Å². The smallest absolute Gasteiger partial charge is 0.348 e. The highest BCUT2D eigenvalue weighted by atomic mass is 16.7. The first-order valence-electron chi connectivity index (χ1n) is 6.42. The fraction of sp³-hybridized carbons (Fsp3) is 0.0769. The van der Waals surface area contributed by atoms with Crippen LogP contribution < -0.4 is 20.6 Å². The zero-order valence-corrected chi connectivity index (χ0v) is 11.2. The van der Waals surface area contributed by atoms with E-state index in [9.17, 15) is 4.79 Å². The topological polar surface area (TPSA) is 117 Å². The highest BCUT2D eigenvalue weighted by molar-refractivity contribution is 5.87. The minimum Gasteiger partial charge on any atom is -0.454 e. The van der Waals surface area contributed by atoms with E-state index in [0.717, 1.165) is 5.56 Å². The number of hydrogen-bond acceptors (Lipinski definition) is 7. The van der Waals surface area contributed by atoms with Gasteiger partial charge in [-0.05, 0) is 23.8 Å². The van der Waals surface area contributed by atoms with Crippen molar-refractivity contribution in [2.75, 3.05) is 12.2 Å². The van der Waals surface area contributed by atoms with E-state index in [4.69, 9.17) is 9.47 Å². The van der Waals surface area contributed by atoms with E-state index < -0.39 is 5.69 Å².